The van der Waals surface area contributed by atoms with E-state index in [9.17, 15) is 10.1 Å². The highest BCUT2D eigenvalue weighted by molar-refractivity contribution is 6.32. The van der Waals surface area contributed by atoms with Gasteiger partial charge in [0.1, 0.15) is 36.4 Å². The van der Waals surface area contributed by atoms with Crippen LogP contribution in [0.25, 0.3) is 6.08 Å². The summed E-state index contributed by atoms with van der Waals surface area (Å²) < 4.78 is 21.7. The van der Waals surface area contributed by atoms with Crippen molar-refractivity contribution >= 4 is 29.4 Å². The molecule has 0 bridgehead atoms. The smallest absolute Gasteiger partial charge is 0.267 e. The number of methoxy groups -OCH3 is 1. The molecule has 0 spiro atoms. The normalized spacial score (nSPS) is 10.9. The van der Waals surface area contributed by atoms with E-state index in [1.807, 2.05) is 37.3 Å². The van der Waals surface area contributed by atoms with Crippen molar-refractivity contribution in [1.29, 1.82) is 5.26 Å². The molecule has 1 N–H and O–H groups in total. The van der Waals surface area contributed by atoms with Gasteiger partial charge in [0.15, 0.2) is 17.3 Å². The standard InChI is InChI=1S/C24H22ClN3O5/c1-15-4-6-19(7-5-15)31-8-9-32-23-20(25)12-17(13-21(23)30-3)11-18(14-26)24(29)27-22-10-16(2)33-28-22/h4-7,10-13H,8-9H2,1-3H3,(H,27,28,29)/b18-11-. The van der Waals surface area contributed by atoms with E-state index in [0.29, 0.717) is 29.4 Å². The van der Waals surface area contributed by atoms with Crippen LogP contribution in [-0.2, 0) is 4.79 Å². The SMILES string of the molecule is COc1cc(/C=C(/C#N)C(=O)Nc2cc(C)on2)cc(Cl)c1OCCOc1ccc(C)cc1. The lowest BCUT2D eigenvalue weighted by Gasteiger charge is -2.14. The highest BCUT2D eigenvalue weighted by Gasteiger charge is 2.15. The Balaban J connectivity index is 1.68. The van der Waals surface area contributed by atoms with Crippen molar-refractivity contribution in [1.82, 2.24) is 5.16 Å². The summed E-state index contributed by atoms with van der Waals surface area (Å²) in [4.78, 5) is 12.4. The van der Waals surface area contributed by atoms with Crippen LogP contribution in [0.3, 0.4) is 0 Å². The molecule has 0 aliphatic carbocycles. The predicted octanol–water partition coefficient (Wildman–Crippen LogP) is 4.96. The molecule has 1 aromatic heterocycles. The second kappa shape index (κ2) is 11.1. The number of rotatable bonds is 9. The van der Waals surface area contributed by atoms with Gasteiger partial charge in [0.25, 0.3) is 5.91 Å². The maximum absolute atomic E-state index is 12.4. The molecule has 0 radical (unpaired) electrons. The highest BCUT2D eigenvalue weighted by Crippen LogP contribution is 2.37. The largest absolute Gasteiger partial charge is 0.493 e. The quantitative estimate of drug-likeness (QED) is 0.269. The molecule has 0 aliphatic heterocycles. The number of hydrogen-bond donors (Lipinski definition) is 1. The maximum Gasteiger partial charge on any atom is 0.267 e. The van der Waals surface area contributed by atoms with Gasteiger partial charge >= 0.3 is 0 Å². The lowest BCUT2D eigenvalue weighted by atomic mass is 10.1. The fraction of sp³-hybridized carbons (Fsp3) is 0.208. The Morgan fingerprint density at radius 3 is 2.55 bits per heavy atom. The molecule has 3 aromatic rings. The van der Waals surface area contributed by atoms with Gasteiger partial charge in [-0.05, 0) is 49.8 Å². The molecule has 9 heteroatoms. The summed E-state index contributed by atoms with van der Waals surface area (Å²) in [5.41, 5.74) is 1.49. The molecule has 0 unspecified atom stereocenters. The van der Waals surface area contributed by atoms with Gasteiger partial charge in [-0.1, -0.05) is 34.5 Å². The summed E-state index contributed by atoms with van der Waals surface area (Å²) in [5, 5.41) is 15.9. The number of hydrogen-bond acceptors (Lipinski definition) is 7. The zero-order chi connectivity index (χ0) is 23.8. The molecule has 170 valence electrons. The van der Waals surface area contributed by atoms with Crippen molar-refractivity contribution in [2.45, 2.75) is 13.8 Å². The number of nitriles is 1. The van der Waals surface area contributed by atoms with Gasteiger partial charge in [-0.2, -0.15) is 5.26 Å². The Morgan fingerprint density at radius 1 is 1.18 bits per heavy atom. The second-order valence-electron chi connectivity index (χ2n) is 6.99. The number of benzene rings is 2. The third-order valence-electron chi connectivity index (χ3n) is 4.42. The van der Waals surface area contributed by atoms with Crippen LogP contribution in [-0.4, -0.2) is 31.4 Å². The summed E-state index contributed by atoms with van der Waals surface area (Å²) in [6.07, 6.45) is 1.39. The predicted molar refractivity (Wildman–Crippen MR) is 124 cm³/mol. The molecular formula is C24H22ClN3O5. The van der Waals surface area contributed by atoms with E-state index in [2.05, 4.69) is 10.5 Å². The Bertz CT molecular complexity index is 1200. The molecule has 8 nitrogen and oxygen atoms in total. The number of aromatic nitrogens is 1. The van der Waals surface area contributed by atoms with Crippen LogP contribution in [0, 0.1) is 25.2 Å². The van der Waals surface area contributed by atoms with Gasteiger partial charge in [-0.25, -0.2) is 0 Å². The number of nitrogens with one attached hydrogen (secondary N) is 1. The zero-order valence-electron chi connectivity index (χ0n) is 18.3. The first-order valence-corrected chi connectivity index (χ1v) is 10.3. The van der Waals surface area contributed by atoms with Gasteiger partial charge in [-0.15, -0.1) is 0 Å². The lowest BCUT2D eigenvalue weighted by Crippen LogP contribution is -2.13. The van der Waals surface area contributed by atoms with Crippen molar-refractivity contribution in [3.63, 3.8) is 0 Å². The summed E-state index contributed by atoms with van der Waals surface area (Å²) >= 11 is 6.38. The monoisotopic (exact) mass is 467 g/mol. The molecule has 0 saturated heterocycles. The minimum Gasteiger partial charge on any atom is -0.493 e. The zero-order valence-corrected chi connectivity index (χ0v) is 19.1. The van der Waals surface area contributed by atoms with Crippen molar-refractivity contribution < 1.29 is 23.5 Å². The molecule has 3 rings (SSSR count). The number of carbonyl (C=O) groups excluding carboxylic acids is 1. The topological polar surface area (TPSA) is 107 Å². The average molecular weight is 468 g/mol. The number of anilines is 1. The molecule has 0 fully saturated rings. The first kappa shape index (κ1) is 23.7. The molecule has 33 heavy (non-hydrogen) atoms. The van der Waals surface area contributed by atoms with E-state index >= 15 is 0 Å². The number of aryl methyl sites for hydroxylation is 2. The van der Waals surface area contributed by atoms with E-state index < -0.39 is 5.91 Å². The van der Waals surface area contributed by atoms with E-state index in [-0.39, 0.29) is 23.0 Å². The molecule has 0 saturated carbocycles. The van der Waals surface area contributed by atoms with Crippen molar-refractivity contribution in [3.05, 3.63) is 69.9 Å². The van der Waals surface area contributed by atoms with Crippen LogP contribution < -0.4 is 19.5 Å². The van der Waals surface area contributed by atoms with E-state index in [0.717, 1.165) is 11.3 Å². The third kappa shape index (κ3) is 6.51. The first-order chi connectivity index (χ1) is 15.9. The summed E-state index contributed by atoms with van der Waals surface area (Å²) in [7, 11) is 1.47. The Labute approximate surface area is 196 Å². The van der Waals surface area contributed by atoms with Crippen molar-refractivity contribution in [3.8, 4) is 23.3 Å². The molecular weight excluding hydrogens is 446 g/mol. The molecule has 1 heterocycles. The van der Waals surface area contributed by atoms with Crippen LogP contribution in [0.2, 0.25) is 5.02 Å². The van der Waals surface area contributed by atoms with Crippen molar-refractivity contribution in [2.24, 2.45) is 0 Å². The molecule has 0 aliphatic rings. The first-order valence-electron chi connectivity index (χ1n) is 9.96. The van der Waals surface area contributed by atoms with E-state index in [4.69, 9.17) is 30.3 Å². The van der Waals surface area contributed by atoms with Crippen LogP contribution in [0.5, 0.6) is 17.2 Å². The summed E-state index contributed by atoms with van der Waals surface area (Å²) in [6, 6.07) is 14.3. The van der Waals surface area contributed by atoms with Crippen LogP contribution in [0.1, 0.15) is 16.9 Å². The second-order valence-corrected chi connectivity index (χ2v) is 7.40. The van der Waals surface area contributed by atoms with Crippen LogP contribution in [0.4, 0.5) is 5.82 Å². The lowest BCUT2D eigenvalue weighted by molar-refractivity contribution is -0.112. The Morgan fingerprint density at radius 2 is 1.91 bits per heavy atom. The van der Waals surface area contributed by atoms with Crippen molar-refractivity contribution in [2.75, 3.05) is 25.6 Å². The molecule has 2 aromatic carbocycles. The number of carbonyl (C=O) groups is 1. The minimum absolute atomic E-state index is 0.145. The number of ether oxygens (including phenoxy) is 3. The summed E-state index contributed by atoms with van der Waals surface area (Å²) in [5.74, 6) is 1.55. The molecule has 1 amide bonds. The van der Waals surface area contributed by atoms with Crippen LogP contribution in [0.15, 0.2) is 52.6 Å². The van der Waals surface area contributed by atoms with Gasteiger partial charge < -0.3 is 24.1 Å². The minimum atomic E-state index is -0.630. The Kier molecular flexibility index (Phi) is 7.95. The van der Waals surface area contributed by atoms with Gasteiger partial charge in [-0.3, -0.25) is 4.79 Å². The van der Waals surface area contributed by atoms with Gasteiger partial charge in [0, 0.05) is 6.07 Å². The maximum atomic E-state index is 12.4. The van der Waals surface area contributed by atoms with Gasteiger partial charge in [0.05, 0.1) is 12.1 Å². The Hall–Kier alpha value is -3.96. The van der Waals surface area contributed by atoms with E-state index in [1.54, 1.807) is 25.1 Å². The average Bonchev–Trinajstić information content (AvgIpc) is 3.21. The fourth-order valence-electron chi connectivity index (χ4n) is 2.83. The number of halogens is 1. The summed E-state index contributed by atoms with van der Waals surface area (Å²) in [6.45, 7) is 4.24. The fourth-order valence-corrected chi connectivity index (χ4v) is 3.10. The third-order valence-corrected chi connectivity index (χ3v) is 4.70. The van der Waals surface area contributed by atoms with E-state index in [1.165, 1.54) is 13.2 Å². The highest BCUT2D eigenvalue weighted by atomic mass is 35.5. The molecule has 0 atom stereocenters. The van der Waals surface area contributed by atoms with Gasteiger partial charge in [0.2, 0.25) is 0 Å². The number of nitrogens with zero attached hydrogens (tertiary/aromatic N) is 2. The number of amides is 1. The van der Waals surface area contributed by atoms with Crippen LogP contribution >= 0.6 is 11.6 Å².